The molecule has 6 N–H and O–H groups in total. The minimum atomic E-state index is -5.03. The second kappa shape index (κ2) is 43.1. The van der Waals surface area contributed by atoms with Crippen LogP contribution >= 0.6 is 7.82 Å². The number of carbonyl (C=O) groups excluding carboxylic acids is 1. The lowest BCUT2D eigenvalue weighted by Crippen LogP contribution is -2.64. The largest absolute Gasteiger partial charge is 0.472 e. The zero-order valence-electron chi connectivity index (χ0n) is 41.2. The number of carbonyl (C=O) groups is 1. The van der Waals surface area contributed by atoms with Crippen molar-refractivity contribution in [3.05, 3.63) is 60.8 Å². The standard InChI is InChI=1S/C53H95O12P/c1-3-5-7-9-11-13-15-17-19-21-23-25-27-29-31-33-35-37-39-41-43-62-44-46(45-63-66(60,61)65-53-51(58)49(56)48(55)50(57)52(53)59)64-47(54)42-40-38-36-34-32-30-28-26-24-22-20-18-16-14-12-10-8-6-4-2/h6,8,12,14,17-20,24,26,46,48-53,55-59H,3-5,7,9-11,13,15-16,21-23,25,27-45H2,1-2H3,(H,60,61)/b8-6-,14-12-,19-17-,20-18-,26-24-. The van der Waals surface area contributed by atoms with Crippen molar-refractivity contribution < 1.29 is 58.3 Å². The molecule has 6 atom stereocenters. The van der Waals surface area contributed by atoms with Crippen LogP contribution in [0.5, 0.6) is 0 Å². The highest BCUT2D eigenvalue weighted by Crippen LogP contribution is 2.47. The summed E-state index contributed by atoms with van der Waals surface area (Å²) in [6.45, 7) is 4.14. The van der Waals surface area contributed by atoms with Gasteiger partial charge in [-0.05, 0) is 77.0 Å². The smallest absolute Gasteiger partial charge is 0.457 e. The molecule has 0 aromatic rings. The number of ether oxygens (including phenoxy) is 2. The SMILES string of the molecule is CC/C=C\C/C=C\C/C=C\C/C=C\CCCCCCCCC(=O)OC(COCCCCCCCCCCCC/C=C\CCCCCCCC)COP(=O)(O)OC1C(O)C(O)C(O)C(O)C1O. The van der Waals surface area contributed by atoms with Crippen LogP contribution < -0.4 is 0 Å². The Hall–Kier alpha value is -1.96. The summed E-state index contributed by atoms with van der Waals surface area (Å²) < 4.78 is 34.3. The van der Waals surface area contributed by atoms with E-state index in [0.717, 1.165) is 83.5 Å². The van der Waals surface area contributed by atoms with Crippen LogP contribution in [-0.4, -0.2) is 98.9 Å². The van der Waals surface area contributed by atoms with Crippen molar-refractivity contribution in [3.63, 3.8) is 0 Å². The molecule has 0 aliphatic heterocycles. The zero-order valence-corrected chi connectivity index (χ0v) is 42.1. The maximum Gasteiger partial charge on any atom is 0.472 e. The molecule has 1 aliphatic carbocycles. The van der Waals surface area contributed by atoms with Gasteiger partial charge in [0.25, 0.3) is 0 Å². The molecule has 0 amide bonds. The molecule has 0 saturated heterocycles. The molecular formula is C53H95O12P. The fraction of sp³-hybridized carbons (Fsp3) is 0.792. The van der Waals surface area contributed by atoms with E-state index < -0.39 is 63.1 Å². The van der Waals surface area contributed by atoms with Crippen LogP contribution in [0.3, 0.4) is 0 Å². The lowest BCUT2D eigenvalue weighted by Gasteiger charge is -2.41. The van der Waals surface area contributed by atoms with Gasteiger partial charge in [0, 0.05) is 13.0 Å². The zero-order chi connectivity index (χ0) is 48.4. The van der Waals surface area contributed by atoms with E-state index in [1.165, 1.54) is 96.3 Å². The first-order chi connectivity index (χ1) is 32.0. The summed E-state index contributed by atoms with van der Waals surface area (Å²) in [5, 5.41) is 50.3. The lowest BCUT2D eigenvalue weighted by molar-refractivity contribution is -0.220. The van der Waals surface area contributed by atoms with Crippen LogP contribution in [0.4, 0.5) is 0 Å². The lowest BCUT2D eigenvalue weighted by atomic mass is 9.85. The minimum absolute atomic E-state index is 0.0851. The number of phosphoric ester groups is 1. The number of rotatable bonds is 44. The van der Waals surface area contributed by atoms with Crippen molar-refractivity contribution in [2.45, 2.75) is 249 Å². The van der Waals surface area contributed by atoms with Crippen molar-refractivity contribution in [1.82, 2.24) is 0 Å². The summed E-state index contributed by atoms with van der Waals surface area (Å²) in [5.74, 6) is -0.491. The van der Waals surface area contributed by atoms with Gasteiger partial charge in [0.15, 0.2) is 0 Å². The summed E-state index contributed by atoms with van der Waals surface area (Å²) in [4.78, 5) is 23.3. The Labute approximate surface area is 400 Å². The van der Waals surface area contributed by atoms with Gasteiger partial charge in [0.2, 0.25) is 0 Å². The molecule has 66 heavy (non-hydrogen) atoms. The van der Waals surface area contributed by atoms with E-state index >= 15 is 0 Å². The average Bonchev–Trinajstić information content (AvgIpc) is 3.30. The molecule has 6 unspecified atom stereocenters. The van der Waals surface area contributed by atoms with E-state index in [4.69, 9.17) is 18.5 Å². The molecule has 0 heterocycles. The average molecular weight is 955 g/mol. The van der Waals surface area contributed by atoms with E-state index in [0.29, 0.717) is 13.0 Å². The Kier molecular flexibility index (Phi) is 40.5. The van der Waals surface area contributed by atoms with E-state index in [1.807, 2.05) is 0 Å². The quantitative estimate of drug-likeness (QED) is 0.0147. The third kappa shape index (κ3) is 34.3. The van der Waals surface area contributed by atoms with Crippen LogP contribution in [0.25, 0.3) is 0 Å². The number of aliphatic hydroxyl groups is 5. The Morgan fingerprint density at radius 3 is 1.38 bits per heavy atom. The molecule has 1 fully saturated rings. The Morgan fingerprint density at radius 1 is 0.500 bits per heavy atom. The Morgan fingerprint density at radius 2 is 0.894 bits per heavy atom. The number of phosphoric acid groups is 1. The molecule has 13 heteroatoms. The van der Waals surface area contributed by atoms with E-state index in [9.17, 15) is 39.8 Å². The fourth-order valence-corrected chi connectivity index (χ4v) is 8.73. The van der Waals surface area contributed by atoms with Crippen LogP contribution in [0.15, 0.2) is 60.8 Å². The minimum Gasteiger partial charge on any atom is -0.457 e. The summed E-state index contributed by atoms with van der Waals surface area (Å²) in [6, 6.07) is 0. The molecule has 0 aromatic carbocycles. The second-order valence-corrected chi connectivity index (χ2v) is 19.4. The molecule has 12 nitrogen and oxygen atoms in total. The van der Waals surface area contributed by atoms with Gasteiger partial charge in [-0.15, -0.1) is 0 Å². The normalized spacial score (nSPS) is 21.9. The Balaban J connectivity index is 2.35. The maximum atomic E-state index is 12.9. The number of allylic oxidation sites excluding steroid dienone is 10. The molecule has 1 rings (SSSR count). The van der Waals surface area contributed by atoms with Gasteiger partial charge in [0.05, 0.1) is 13.2 Å². The van der Waals surface area contributed by atoms with Crippen molar-refractivity contribution in [2.75, 3.05) is 19.8 Å². The highest BCUT2D eigenvalue weighted by Gasteiger charge is 2.51. The van der Waals surface area contributed by atoms with Crippen LogP contribution in [0.1, 0.15) is 206 Å². The van der Waals surface area contributed by atoms with Crippen LogP contribution in [0.2, 0.25) is 0 Å². The summed E-state index contributed by atoms with van der Waals surface area (Å²) in [7, 11) is -5.03. The first kappa shape index (κ1) is 62.1. The van der Waals surface area contributed by atoms with E-state index in [2.05, 4.69) is 74.6 Å². The third-order valence-corrected chi connectivity index (χ3v) is 12.9. The highest BCUT2D eigenvalue weighted by atomic mass is 31.2. The maximum absolute atomic E-state index is 12.9. The molecule has 1 aliphatic rings. The van der Waals surface area contributed by atoms with Crippen molar-refractivity contribution in [3.8, 4) is 0 Å². The van der Waals surface area contributed by atoms with Gasteiger partial charge in [0.1, 0.15) is 42.7 Å². The predicted molar refractivity (Wildman–Crippen MR) is 267 cm³/mol. The number of hydrogen-bond donors (Lipinski definition) is 6. The topological polar surface area (TPSA) is 192 Å². The summed E-state index contributed by atoms with van der Waals surface area (Å²) >= 11 is 0. The number of unbranched alkanes of at least 4 members (excludes halogenated alkanes) is 22. The number of esters is 1. The van der Waals surface area contributed by atoms with Crippen molar-refractivity contribution in [1.29, 1.82) is 0 Å². The van der Waals surface area contributed by atoms with Gasteiger partial charge < -0.3 is 39.9 Å². The highest BCUT2D eigenvalue weighted by molar-refractivity contribution is 7.47. The first-order valence-electron chi connectivity index (χ1n) is 26.1. The van der Waals surface area contributed by atoms with Gasteiger partial charge in [-0.25, -0.2) is 4.57 Å². The van der Waals surface area contributed by atoms with Crippen molar-refractivity contribution >= 4 is 13.8 Å². The summed E-state index contributed by atoms with van der Waals surface area (Å²) in [6.07, 6.45) is 42.8. The van der Waals surface area contributed by atoms with Gasteiger partial charge in [-0.2, -0.15) is 0 Å². The fourth-order valence-electron chi connectivity index (χ4n) is 7.75. The van der Waals surface area contributed by atoms with E-state index in [-0.39, 0.29) is 13.0 Å². The molecule has 0 bridgehead atoms. The second-order valence-electron chi connectivity index (χ2n) is 18.0. The van der Waals surface area contributed by atoms with E-state index in [1.54, 1.807) is 0 Å². The van der Waals surface area contributed by atoms with Crippen LogP contribution in [-0.2, 0) is 27.9 Å². The van der Waals surface area contributed by atoms with Gasteiger partial charge >= 0.3 is 13.8 Å². The number of aliphatic hydroxyl groups excluding tert-OH is 5. The van der Waals surface area contributed by atoms with Crippen LogP contribution in [0, 0.1) is 0 Å². The molecule has 384 valence electrons. The molecule has 0 aromatic heterocycles. The molecule has 0 radical (unpaired) electrons. The first-order valence-corrected chi connectivity index (χ1v) is 27.6. The van der Waals surface area contributed by atoms with Gasteiger partial charge in [-0.1, -0.05) is 184 Å². The summed E-state index contributed by atoms with van der Waals surface area (Å²) in [5.41, 5.74) is 0. The van der Waals surface area contributed by atoms with Crippen molar-refractivity contribution in [2.24, 2.45) is 0 Å². The molecular weight excluding hydrogens is 860 g/mol. The predicted octanol–water partition coefficient (Wildman–Crippen LogP) is 11.8. The monoisotopic (exact) mass is 955 g/mol. The molecule has 0 spiro atoms. The number of hydrogen-bond acceptors (Lipinski definition) is 11. The van der Waals surface area contributed by atoms with Gasteiger partial charge in [-0.3, -0.25) is 13.8 Å². The Bertz CT molecular complexity index is 1320. The third-order valence-electron chi connectivity index (χ3n) is 11.9. The molecule has 1 saturated carbocycles.